The zero-order valence-electron chi connectivity index (χ0n) is 11.1. The highest BCUT2D eigenvalue weighted by Crippen LogP contribution is 2.34. The van der Waals surface area contributed by atoms with Gasteiger partial charge < -0.3 is 0 Å². The predicted octanol–water partition coefficient (Wildman–Crippen LogP) is 5.10. The minimum Gasteiger partial charge on any atom is -0.256 e. The van der Waals surface area contributed by atoms with Crippen molar-refractivity contribution in [3.05, 3.63) is 54.2 Å². The molecule has 0 aliphatic rings. The van der Waals surface area contributed by atoms with Crippen molar-refractivity contribution in [2.75, 3.05) is 0 Å². The average Bonchev–Trinajstić information content (AvgIpc) is 2.44. The van der Waals surface area contributed by atoms with Crippen molar-refractivity contribution in [3.8, 4) is 0 Å². The highest BCUT2D eigenvalue weighted by molar-refractivity contribution is 6.21. The summed E-state index contributed by atoms with van der Waals surface area (Å²) >= 11 is 0. The number of aromatic nitrogens is 1. The summed E-state index contributed by atoms with van der Waals surface area (Å²) in [6.07, 6.45) is 1.99. The molecule has 1 aromatic heterocycles. The van der Waals surface area contributed by atoms with Crippen LogP contribution in [0.1, 0.15) is 25.3 Å². The van der Waals surface area contributed by atoms with Gasteiger partial charge in [0, 0.05) is 22.4 Å². The predicted molar refractivity (Wildman–Crippen MR) is 82.0 cm³/mol. The molecule has 0 saturated heterocycles. The van der Waals surface area contributed by atoms with Crippen molar-refractivity contribution in [2.45, 2.75) is 19.8 Å². The van der Waals surface area contributed by atoms with Crippen LogP contribution in [-0.2, 0) is 0 Å². The van der Waals surface area contributed by atoms with Gasteiger partial charge in [0.25, 0.3) is 0 Å². The van der Waals surface area contributed by atoms with E-state index in [0.29, 0.717) is 5.92 Å². The highest BCUT2D eigenvalue weighted by atomic mass is 14.7. The number of hydrogen-bond donors (Lipinski definition) is 0. The summed E-state index contributed by atoms with van der Waals surface area (Å²) in [7, 11) is 0. The number of nitrogens with zero attached hydrogens (tertiary/aromatic N) is 1. The van der Waals surface area contributed by atoms with Gasteiger partial charge in [0.1, 0.15) is 0 Å². The van der Waals surface area contributed by atoms with Gasteiger partial charge >= 0.3 is 0 Å². The fraction of sp³-hybridized carbons (Fsp3) is 0.167. The Bertz CT molecular complexity index is 826. The summed E-state index contributed by atoms with van der Waals surface area (Å²) in [5, 5.41) is 6.49. The van der Waals surface area contributed by atoms with Crippen molar-refractivity contribution in [1.82, 2.24) is 4.98 Å². The molecule has 1 nitrogen and oxygen atoms in total. The fourth-order valence-electron chi connectivity index (χ4n) is 2.95. The van der Waals surface area contributed by atoms with Crippen LogP contribution in [0.4, 0.5) is 0 Å². The lowest BCUT2D eigenvalue weighted by Crippen LogP contribution is -1.91. The number of benzene rings is 3. The molecule has 3 aromatic carbocycles. The number of rotatable bonds is 1. The molecule has 1 heterocycles. The molecule has 0 amide bonds. The van der Waals surface area contributed by atoms with E-state index < -0.39 is 0 Å². The Morgan fingerprint density at radius 2 is 1.63 bits per heavy atom. The normalized spacial score (nSPS) is 12.2. The largest absolute Gasteiger partial charge is 0.256 e. The third kappa shape index (κ3) is 1.45. The first-order valence-corrected chi connectivity index (χ1v) is 6.77. The van der Waals surface area contributed by atoms with E-state index in [1.807, 2.05) is 6.20 Å². The molecular formula is C18H15N. The molecule has 0 N–H and O–H groups in total. The lowest BCUT2D eigenvalue weighted by atomic mass is 9.93. The van der Waals surface area contributed by atoms with Gasteiger partial charge in [-0.05, 0) is 28.3 Å². The molecule has 0 aliphatic heterocycles. The van der Waals surface area contributed by atoms with E-state index >= 15 is 0 Å². The van der Waals surface area contributed by atoms with Crippen LogP contribution in [0.3, 0.4) is 0 Å². The van der Waals surface area contributed by atoms with Crippen molar-refractivity contribution in [1.29, 1.82) is 0 Å². The van der Waals surface area contributed by atoms with Crippen LogP contribution in [-0.4, -0.2) is 4.98 Å². The maximum Gasteiger partial charge on any atom is 0.0717 e. The molecule has 1 heteroatoms. The molecule has 4 aromatic rings. The summed E-state index contributed by atoms with van der Waals surface area (Å²) in [5.74, 6) is 0.531. The van der Waals surface area contributed by atoms with Crippen LogP contribution in [0.2, 0.25) is 0 Å². The molecule has 0 saturated carbocycles. The first kappa shape index (κ1) is 10.7. The summed E-state index contributed by atoms with van der Waals surface area (Å²) < 4.78 is 0. The molecule has 0 unspecified atom stereocenters. The van der Waals surface area contributed by atoms with Gasteiger partial charge in [-0.25, -0.2) is 0 Å². The van der Waals surface area contributed by atoms with Crippen LogP contribution >= 0.6 is 0 Å². The first-order valence-electron chi connectivity index (χ1n) is 6.77. The summed E-state index contributed by atoms with van der Waals surface area (Å²) in [4.78, 5) is 4.65. The number of pyridine rings is 1. The second kappa shape index (κ2) is 3.67. The third-order valence-electron chi connectivity index (χ3n) is 4.00. The SMILES string of the molecule is CC(C)c1cc2ccc3cccc4cnc(c1)c2c34. The molecule has 4 rings (SSSR count). The van der Waals surface area contributed by atoms with Crippen molar-refractivity contribution < 1.29 is 0 Å². The van der Waals surface area contributed by atoms with E-state index in [1.165, 1.54) is 32.5 Å². The molecule has 0 atom stereocenters. The average molecular weight is 245 g/mol. The Balaban J connectivity index is 2.28. The third-order valence-corrected chi connectivity index (χ3v) is 4.00. The smallest absolute Gasteiger partial charge is 0.0717 e. The summed E-state index contributed by atoms with van der Waals surface area (Å²) in [6.45, 7) is 4.46. The van der Waals surface area contributed by atoms with Gasteiger partial charge in [-0.15, -0.1) is 0 Å². The second-order valence-electron chi connectivity index (χ2n) is 5.56. The van der Waals surface area contributed by atoms with E-state index in [2.05, 4.69) is 61.3 Å². The van der Waals surface area contributed by atoms with Crippen molar-refractivity contribution in [3.63, 3.8) is 0 Å². The Morgan fingerprint density at radius 3 is 2.47 bits per heavy atom. The van der Waals surface area contributed by atoms with E-state index in [0.717, 1.165) is 5.52 Å². The molecule has 0 aliphatic carbocycles. The number of hydrogen-bond acceptors (Lipinski definition) is 1. The van der Waals surface area contributed by atoms with Gasteiger partial charge in [-0.1, -0.05) is 50.2 Å². The monoisotopic (exact) mass is 245 g/mol. The van der Waals surface area contributed by atoms with E-state index in [1.54, 1.807) is 0 Å². The lowest BCUT2D eigenvalue weighted by Gasteiger charge is -2.13. The topological polar surface area (TPSA) is 12.9 Å². The maximum atomic E-state index is 4.65. The van der Waals surface area contributed by atoms with Crippen LogP contribution in [0.25, 0.3) is 32.4 Å². The summed E-state index contributed by atoms with van der Waals surface area (Å²) in [5.41, 5.74) is 2.48. The minimum absolute atomic E-state index is 0.531. The molecule has 0 radical (unpaired) electrons. The van der Waals surface area contributed by atoms with Crippen molar-refractivity contribution >= 4 is 32.4 Å². The zero-order valence-corrected chi connectivity index (χ0v) is 11.1. The molecule has 0 fully saturated rings. The standard InChI is InChI=1S/C18H15N/c1-11(2)15-8-13-7-6-12-4-3-5-14-10-19-16(9-15)18(13)17(12)14/h3-11H,1-2H3. The van der Waals surface area contributed by atoms with Crippen LogP contribution in [0, 0.1) is 0 Å². The van der Waals surface area contributed by atoms with Crippen LogP contribution in [0.15, 0.2) is 48.7 Å². The second-order valence-corrected chi connectivity index (χ2v) is 5.56. The Labute approximate surface area is 112 Å². The Morgan fingerprint density at radius 1 is 0.842 bits per heavy atom. The van der Waals surface area contributed by atoms with Gasteiger partial charge in [0.05, 0.1) is 5.52 Å². The lowest BCUT2D eigenvalue weighted by molar-refractivity contribution is 0.869. The van der Waals surface area contributed by atoms with E-state index in [4.69, 9.17) is 0 Å². The first-order chi connectivity index (χ1) is 9.24. The molecule has 92 valence electrons. The van der Waals surface area contributed by atoms with Gasteiger partial charge in [-0.2, -0.15) is 0 Å². The van der Waals surface area contributed by atoms with Crippen molar-refractivity contribution in [2.24, 2.45) is 0 Å². The van der Waals surface area contributed by atoms with E-state index in [9.17, 15) is 0 Å². The van der Waals surface area contributed by atoms with Gasteiger partial charge in [-0.3, -0.25) is 4.98 Å². The van der Waals surface area contributed by atoms with Gasteiger partial charge in [0.15, 0.2) is 0 Å². The van der Waals surface area contributed by atoms with Crippen LogP contribution in [0.5, 0.6) is 0 Å². The molecule has 0 spiro atoms. The maximum absolute atomic E-state index is 4.65. The van der Waals surface area contributed by atoms with Crippen LogP contribution < -0.4 is 0 Å². The zero-order chi connectivity index (χ0) is 13.0. The highest BCUT2D eigenvalue weighted by Gasteiger charge is 2.10. The Hall–Kier alpha value is -2.15. The van der Waals surface area contributed by atoms with Gasteiger partial charge in [0.2, 0.25) is 0 Å². The molecular weight excluding hydrogens is 230 g/mol. The van der Waals surface area contributed by atoms with E-state index in [-0.39, 0.29) is 0 Å². The minimum atomic E-state index is 0.531. The molecule has 19 heavy (non-hydrogen) atoms. The fourth-order valence-corrected chi connectivity index (χ4v) is 2.95. The molecule has 0 bridgehead atoms. The quantitative estimate of drug-likeness (QED) is 0.425. The summed E-state index contributed by atoms with van der Waals surface area (Å²) in [6, 6.07) is 15.4. The Kier molecular flexibility index (Phi) is 2.08.